The van der Waals surface area contributed by atoms with Crippen LogP contribution >= 0.6 is 34.7 Å². The Labute approximate surface area is 194 Å². The molecule has 0 bridgehead atoms. The van der Waals surface area contributed by atoms with Gasteiger partial charge in [-0.2, -0.15) is 4.98 Å². The molecule has 5 rings (SSSR count). The van der Waals surface area contributed by atoms with Crippen LogP contribution in [0.4, 0.5) is 5.69 Å². The second kappa shape index (κ2) is 8.26. The van der Waals surface area contributed by atoms with Crippen LogP contribution in [-0.2, 0) is 0 Å². The van der Waals surface area contributed by atoms with Crippen molar-refractivity contribution in [3.63, 3.8) is 0 Å². The van der Waals surface area contributed by atoms with Crippen LogP contribution in [0.15, 0.2) is 54.3 Å². The van der Waals surface area contributed by atoms with E-state index in [1.807, 2.05) is 19.2 Å². The molecule has 1 saturated carbocycles. The van der Waals surface area contributed by atoms with Gasteiger partial charge in [-0.05, 0) is 84.6 Å². The third-order valence-electron chi connectivity index (χ3n) is 5.85. The molecule has 4 aromatic rings. The number of fused-ring (bicyclic) bond motifs is 1. The first kappa shape index (κ1) is 20.5. The highest BCUT2D eigenvalue weighted by Gasteiger charge is 2.29. The quantitative estimate of drug-likeness (QED) is 0.245. The maximum Gasteiger partial charge on any atom is 0.225 e. The summed E-state index contributed by atoms with van der Waals surface area (Å²) in [5, 5.41) is 6.89. The molecule has 1 N–H and O–H groups in total. The average molecular weight is 470 g/mol. The van der Waals surface area contributed by atoms with Crippen molar-refractivity contribution in [3.05, 3.63) is 70.3 Å². The van der Waals surface area contributed by atoms with E-state index < -0.39 is 0 Å². The molecular weight excluding hydrogens is 449 g/mol. The van der Waals surface area contributed by atoms with Crippen LogP contribution in [0.25, 0.3) is 22.2 Å². The summed E-state index contributed by atoms with van der Waals surface area (Å²) < 4.78 is 6.47. The Morgan fingerprint density at radius 1 is 1.19 bits per heavy atom. The lowest BCUT2D eigenvalue weighted by Crippen LogP contribution is -2.05. The minimum Gasteiger partial charge on any atom is -0.360 e. The van der Waals surface area contributed by atoms with Gasteiger partial charge >= 0.3 is 0 Å². The SMILES string of the molecule is C=C(C)Nc1cc(-c2cnsc2)cc(C2CCC(n3ccc4c(Cl)nc(Cl)nc43)C2)c1. The molecule has 0 saturated heterocycles. The Kier molecular flexibility index (Phi) is 5.46. The number of nitrogens with zero attached hydrogens (tertiary/aromatic N) is 4. The van der Waals surface area contributed by atoms with Gasteiger partial charge < -0.3 is 9.88 Å². The van der Waals surface area contributed by atoms with Gasteiger partial charge in [0.15, 0.2) is 0 Å². The largest absolute Gasteiger partial charge is 0.360 e. The molecule has 3 aromatic heterocycles. The second-order valence-corrected chi connectivity index (χ2v) is 9.42. The van der Waals surface area contributed by atoms with E-state index in [-0.39, 0.29) is 5.28 Å². The Morgan fingerprint density at radius 3 is 2.84 bits per heavy atom. The monoisotopic (exact) mass is 469 g/mol. The van der Waals surface area contributed by atoms with Crippen LogP contribution in [0.2, 0.25) is 10.4 Å². The molecular formula is C23H21Cl2N5S. The maximum atomic E-state index is 6.26. The number of rotatable bonds is 5. The third-order valence-corrected chi connectivity index (χ3v) is 6.89. The van der Waals surface area contributed by atoms with Crippen molar-refractivity contribution in [1.82, 2.24) is 18.9 Å². The lowest BCUT2D eigenvalue weighted by molar-refractivity contribution is 0.523. The van der Waals surface area contributed by atoms with Gasteiger partial charge in [-0.3, -0.25) is 0 Å². The molecule has 158 valence electrons. The molecule has 1 aliphatic carbocycles. The maximum absolute atomic E-state index is 6.26. The predicted molar refractivity (Wildman–Crippen MR) is 129 cm³/mol. The summed E-state index contributed by atoms with van der Waals surface area (Å²) in [7, 11) is 0. The van der Waals surface area contributed by atoms with Crippen molar-refractivity contribution in [2.75, 3.05) is 5.32 Å². The average Bonchev–Trinajstić information content (AvgIpc) is 3.47. The van der Waals surface area contributed by atoms with Crippen LogP contribution in [0.1, 0.15) is 43.7 Å². The zero-order chi connectivity index (χ0) is 21.5. The van der Waals surface area contributed by atoms with Crippen molar-refractivity contribution in [1.29, 1.82) is 0 Å². The summed E-state index contributed by atoms with van der Waals surface area (Å²) in [4.78, 5) is 8.50. The van der Waals surface area contributed by atoms with Crippen molar-refractivity contribution in [3.8, 4) is 11.1 Å². The van der Waals surface area contributed by atoms with E-state index in [0.29, 0.717) is 17.1 Å². The van der Waals surface area contributed by atoms with Gasteiger partial charge in [0, 0.05) is 40.8 Å². The van der Waals surface area contributed by atoms with Crippen molar-refractivity contribution >= 4 is 51.5 Å². The number of benzene rings is 1. The fourth-order valence-corrected chi connectivity index (χ4v) is 5.48. The summed E-state index contributed by atoms with van der Waals surface area (Å²) in [6.07, 6.45) is 7.18. The number of hydrogen-bond acceptors (Lipinski definition) is 5. The van der Waals surface area contributed by atoms with Gasteiger partial charge in [-0.1, -0.05) is 24.2 Å². The molecule has 8 heteroatoms. The van der Waals surface area contributed by atoms with E-state index in [2.05, 4.69) is 60.6 Å². The van der Waals surface area contributed by atoms with E-state index in [1.54, 1.807) is 0 Å². The van der Waals surface area contributed by atoms with Crippen LogP contribution in [0, 0.1) is 0 Å². The molecule has 0 aliphatic heterocycles. The number of allylic oxidation sites excluding steroid dienone is 1. The van der Waals surface area contributed by atoms with Crippen molar-refractivity contribution in [2.45, 2.75) is 38.1 Å². The number of anilines is 1. The molecule has 31 heavy (non-hydrogen) atoms. The van der Waals surface area contributed by atoms with E-state index in [1.165, 1.54) is 22.7 Å². The first-order chi connectivity index (χ1) is 15.0. The Hall–Kier alpha value is -2.41. The molecule has 2 unspecified atom stereocenters. The van der Waals surface area contributed by atoms with Crippen LogP contribution in [0.3, 0.4) is 0 Å². The summed E-state index contributed by atoms with van der Waals surface area (Å²) in [6, 6.07) is 9.02. The van der Waals surface area contributed by atoms with Crippen LogP contribution < -0.4 is 5.32 Å². The highest BCUT2D eigenvalue weighted by Crippen LogP contribution is 2.44. The Morgan fingerprint density at radius 2 is 2.06 bits per heavy atom. The molecule has 2 atom stereocenters. The van der Waals surface area contributed by atoms with E-state index >= 15 is 0 Å². The minimum atomic E-state index is 0.180. The normalized spacial score (nSPS) is 18.5. The van der Waals surface area contributed by atoms with Gasteiger partial charge in [0.05, 0.1) is 5.39 Å². The number of aromatic nitrogens is 4. The lowest BCUT2D eigenvalue weighted by Gasteiger charge is -2.17. The van der Waals surface area contributed by atoms with E-state index in [4.69, 9.17) is 23.2 Å². The molecule has 1 aromatic carbocycles. The first-order valence-corrected chi connectivity index (χ1v) is 11.7. The number of nitrogens with one attached hydrogen (secondary N) is 1. The molecule has 3 heterocycles. The summed E-state index contributed by atoms with van der Waals surface area (Å²) in [6.45, 7) is 5.97. The van der Waals surface area contributed by atoms with Crippen LogP contribution in [0.5, 0.6) is 0 Å². The number of hydrogen-bond donors (Lipinski definition) is 1. The topological polar surface area (TPSA) is 55.6 Å². The molecule has 0 spiro atoms. The zero-order valence-corrected chi connectivity index (χ0v) is 19.3. The predicted octanol–water partition coefficient (Wildman–Crippen LogP) is 7.32. The molecule has 5 nitrogen and oxygen atoms in total. The second-order valence-electron chi connectivity index (χ2n) is 8.07. The fourth-order valence-electron chi connectivity index (χ4n) is 4.50. The Balaban J connectivity index is 1.47. The third kappa shape index (κ3) is 4.07. The van der Waals surface area contributed by atoms with Crippen molar-refractivity contribution in [2.24, 2.45) is 0 Å². The molecule has 0 amide bonds. The van der Waals surface area contributed by atoms with Gasteiger partial charge in [-0.15, -0.1) is 0 Å². The van der Waals surface area contributed by atoms with Crippen molar-refractivity contribution < 1.29 is 0 Å². The fraction of sp³-hybridized carbons (Fsp3) is 0.261. The summed E-state index contributed by atoms with van der Waals surface area (Å²) in [5.41, 5.74) is 6.44. The van der Waals surface area contributed by atoms with Gasteiger partial charge in [0.2, 0.25) is 5.28 Å². The zero-order valence-electron chi connectivity index (χ0n) is 17.0. The van der Waals surface area contributed by atoms with Gasteiger partial charge in [-0.25, -0.2) is 9.36 Å². The van der Waals surface area contributed by atoms with Gasteiger partial charge in [0.1, 0.15) is 10.8 Å². The Bertz CT molecular complexity index is 1260. The lowest BCUT2D eigenvalue weighted by atomic mass is 9.93. The first-order valence-electron chi connectivity index (χ1n) is 10.1. The van der Waals surface area contributed by atoms with E-state index in [0.717, 1.165) is 47.2 Å². The van der Waals surface area contributed by atoms with Crippen LogP contribution in [-0.4, -0.2) is 18.9 Å². The highest BCUT2D eigenvalue weighted by atomic mass is 35.5. The van der Waals surface area contributed by atoms with E-state index in [9.17, 15) is 0 Å². The molecule has 0 radical (unpaired) electrons. The highest BCUT2D eigenvalue weighted by molar-refractivity contribution is 7.03. The smallest absolute Gasteiger partial charge is 0.225 e. The van der Waals surface area contributed by atoms with Gasteiger partial charge in [0.25, 0.3) is 0 Å². The molecule has 1 fully saturated rings. The standard InChI is InChI=1S/C23H21Cl2N5S/c1-13(2)27-18-8-15(7-16(9-18)17-11-26-31-12-17)14-3-4-19(10-14)30-6-5-20-21(24)28-23(25)29-22(20)30/h5-9,11-12,14,19,27H,1,3-4,10H2,2H3. The summed E-state index contributed by atoms with van der Waals surface area (Å²) >= 11 is 13.8. The number of halogens is 2. The summed E-state index contributed by atoms with van der Waals surface area (Å²) in [5.74, 6) is 0.451. The molecule has 1 aliphatic rings. The minimum absolute atomic E-state index is 0.180.